The largest absolute Gasteiger partial charge is 0.480 e. The van der Waals surface area contributed by atoms with Gasteiger partial charge < -0.3 is 5.11 Å². The van der Waals surface area contributed by atoms with E-state index in [4.69, 9.17) is 0 Å². The lowest BCUT2D eigenvalue weighted by Crippen LogP contribution is -2.56. The Morgan fingerprint density at radius 3 is 2.53 bits per heavy atom. The van der Waals surface area contributed by atoms with Crippen LogP contribution in [0.5, 0.6) is 0 Å². The summed E-state index contributed by atoms with van der Waals surface area (Å²) in [5.41, 5.74) is -0.634. The maximum atomic E-state index is 11.8. The third-order valence-electron chi connectivity index (χ3n) is 4.47. The van der Waals surface area contributed by atoms with Gasteiger partial charge in [0.1, 0.15) is 5.54 Å². The van der Waals surface area contributed by atoms with Crippen molar-refractivity contribution in [3.63, 3.8) is 0 Å². The maximum absolute atomic E-state index is 11.8. The number of hydrogen-bond donors (Lipinski definition) is 1. The summed E-state index contributed by atoms with van der Waals surface area (Å²) in [5, 5.41) is 9.70. The van der Waals surface area contributed by atoms with Crippen molar-refractivity contribution in [1.29, 1.82) is 0 Å². The second-order valence-electron chi connectivity index (χ2n) is 5.59. The van der Waals surface area contributed by atoms with Crippen LogP contribution in [-0.4, -0.2) is 34.1 Å². The standard InChI is InChI=1S/C14H27NO2/c1-5-11(3)10-14(6-2,13(16)17)15-9-7-8-12(15)4/h11-12H,5-10H2,1-4H3,(H,16,17). The predicted octanol–water partition coefficient (Wildman–Crippen LogP) is 3.14. The summed E-state index contributed by atoms with van der Waals surface area (Å²) in [7, 11) is 0. The van der Waals surface area contributed by atoms with Crippen LogP contribution in [0.25, 0.3) is 0 Å². The van der Waals surface area contributed by atoms with E-state index in [-0.39, 0.29) is 0 Å². The molecule has 0 aromatic rings. The van der Waals surface area contributed by atoms with Crippen molar-refractivity contribution in [3.05, 3.63) is 0 Å². The van der Waals surface area contributed by atoms with Gasteiger partial charge in [0.2, 0.25) is 0 Å². The lowest BCUT2D eigenvalue weighted by atomic mass is 9.82. The molecule has 3 nitrogen and oxygen atoms in total. The van der Waals surface area contributed by atoms with Crippen molar-refractivity contribution >= 4 is 5.97 Å². The van der Waals surface area contributed by atoms with Gasteiger partial charge in [-0.3, -0.25) is 9.69 Å². The van der Waals surface area contributed by atoms with Crippen LogP contribution in [0.1, 0.15) is 59.8 Å². The predicted molar refractivity (Wildman–Crippen MR) is 70.1 cm³/mol. The second-order valence-corrected chi connectivity index (χ2v) is 5.59. The first kappa shape index (κ1) is 14.5. The normalized spacial score (nSPS) is 26.7. The Hall–Kier alpha value is -0.570. The Bertz CT molecular complexity index is 267. The molecule has 0 saturated carbocycles. The third-order valence-corrected chi connectivity index (χ3v) is 4.47. The minimum Gasteiger partial charge on any atom is -0.480 e. The Morgan fingerprint density at radius 2 is 2.18 bits per heavy atom. The first-order valence-electron chi connectivity index (χ1n) is 6.98. The highest BCUT2D eigenvalue weighted by molar-refractivity contribution is 5.79. The molecule has 0 bridgehead atoms. The van der Waals surface area contributed by atoms with Crippen molar-refractivity contribution in [2.24, 2.45) is 5.92 Å². The summed E-state index contributed by atoms with van der Waals surface area (Å²) < 4.78 is 0. The van der Waals surface area contributed by atoms with Gasteiger partial charge >= 0.3 is 5.97 Å². The molecule has 1 N–H and O–H groups in total. The minimum atomic E-state index is -0.634. The molecule has 3 heteroatoms. The summed E-state index contributed by atoms with van der Waals surface area (Å²) in [4.78, 5) is 14.0. The van der Waals surface area contributed by atoms with Crippen molar-refractivity contribution in [2.75, 3.05) is 6.54 Å². The van der Waals surface area contributed by atoms with E-state index in [9.17, 15) is 9.90 Å². The molecule has 1 rings (SSSR count). The van der Waals surface area contributed by atoms with Crippen molar-refractivity contribution < 1.29 is 9.90 Å². The van der Waals surface area contributed by atoms with Gasteiger partial charge in [-0.25, -0.2) is 0 Å². The van der Waals surface area contributed by atoms with E-state index in [1.54, 1.807) is 0 Å². The summed E-state index contributed by atoms with van der Waals surface area (Å²) in [6.07, 6.45) is 4.81. The summed E-state index contributed by atoms with van der Waals surface area (Å²) >= 11 is 0. The zero-order valence-corrected chi connectivity index (χ0v) is 11.7. The Labute approximate surface area is 105 Å². The number of nitrogens with zero attached hydrogens (tertiary/aromatic N) is 1. The lowest BCUT2D eigenvalue weighted by molar-refractivity contribution is -0.154. The summed E-state index contributed by atoms with van der Waals surface area (Å²) in [6.45, 7) is 9.42. The van der Waals surface area contributed by atoms with Crippen LogP contribution < -0.4 is 0 Å². The van der Waals surface area contributed by atoms with Crippen LogP contribution in [0.2, 0.25) is 0 Å². The second kappa shape index (κ2) is 5.85. The molecule has 0 aliphatic carbocycles. The fraction of sp³-hybridized carbons (Fsp3) is 0.929. The molecule has 1 fully saturated rings. The van der Waals surface area contributed by atoms with Crippen LogP contribution in [0.4, 0.5) is 0 Å². The van der Waals surface area contributed by atoms with Crippen molar-refractivity contribution in [1.82, 2.24) is 4.90 Å². The van der Waals surface area contributed by atoms with Gasteiger partial charge in [-0.2, -0.15) is 0 Å². The van der Waals surface area contributed by atoms with Gasteiger partial charge in [-0.1, -0.05) is 27.2 Å². The van der Waals surface area contributed by atoms with E-state index in [0.29, 0.717) is 18.4 Å². The van der Waals surface area contributed by atoms with Gasteiger partial charge in [-0.05, 0) is 45.1 Å². The molecule has 1 aliphatic rings. The van der Waals surface area contributed by atoms with Gasteiger partial charge in [0.15, 0.2) is 0 Å². The molecule has 1 saturated heterocycles. The van der Waals surface area contributed by atoms with E-state index in [1.165, 1.54) is 0 Å². The van der Waals surface area contributed by atoms with Gasteiger partial charge in [-0.15, -0.1) is 0 Å². The number of carboxylic acids is 1. The fourth-order valence-corrected chi connectivity index (χ4v) is 3.12. The van der Waals surface area contributed by atoms with E-state index in [0.717, 1.165) is 32.2 Å². The molecule has 1 aliphatic heterocycles. The highest BCUT2D eigenvalue weighted by atomic mass is 16.4. The van der Waals surface area contributed by atoms with Gasteiger partial charge in [0.05, 0.1) is 0 Å². The molecule has 0 radical (unpaired) electrons. The number of hydrogen-bond acceptors (Lipinski definition) is 2. The number of carboxylic acid groups (broad SMARTS) is 1. The molecule has 0 spiro atoms. The van der Waals surface area contributed by atoms with E-state index in [2.05, 4.69) is 25.7 Å². The van der Waals surface area contributed by atoms with Gasteiger partial charge in [0, 0.05) is 6.04 Å². The fourth-order valence-electron chi connectivity index (χ4n) is 3.12. The molecule has 17 heavy (non-hydrogen) atoms. The monoisotopic (exact) mass is 241 g/mol. The van der Waals surface area contributed by atoms with Gasteiger partial charge in [0.25, 0.3) is 0 Å². The summed E-state index contributed by atoms with van der Waals surface area (Å²) in [5.74, 6) is -0.159. The number of likely N-dealkylation sites (tertiary alicyclic amines) is 1. The Morgan fingerprint density at radius 1 is 1.53 bits per heavy atom. The van der Waals surface area contributed by atoms with Crippen LogP contribution >= 0.6 is 0 Å². The maximum Gasteiger partial charge on any atom is 0.324 e. The van der Waals surface area contributed by atoms with E-state index in [1.807, 2.05) is 6.92 Å². The van der Waals surface area contributed by atoms with Crippen molar-refractivity contribution in [3.8, 4) is 0 Å². The number of aliphatic carboxylic acids is 1. The Kier molecular flexibility index (Phi) is 4.99. The quantitative estimate of drug-likeness (QED) is 0.776. The Balaban J connectivity index is 2.95. The average molecular weight is 241 g/mol. The lowest BCUT2D eigenvalue weighted by Gasteiger charge is -2.41. The highest BCUT2D eigenvalue weighted by Crippen LogP contribution is 2.35. The first-order valence-corrected chi connectivity index (χ1v) is 6.98. The topological polar surface area (TPSA) is 40.5 Å². The molecule has 0 amide bonds. The smallest absolute Gasteiger partial charge is 0.324 e. The molecular formula is C14H27NO2. The highest BCUT2D eigenvalue weighted by Gasteiger charge is 2.46. The molecule has 100 valence electrons. The van der Waals surface area contributed by atoms with Crippen LogP contribution in [0.15, 0.2) is 0 Å². The van der Waals surface area contributed by atoms with Crippen LogP contribution in [0.3, 0.4) is 0 Å². The first-order chi connectivity index (χ1) is 7.97. The molecule has 1 heterocycles. The molecule has 3 unspecified atom stereocenters. The zero-order chi connectivity index (χ0) is 13.1. The molecule has 3 atom stereocenters. The third kappa shape index (κ3) is 2.82. The number of carbonyl (C=O) groups is 1. The van der Waals surface area contributed by atoms with E-state index >= 15 is 0 Å². The van der Waals surface area contributed by atoms with Crippen molar-refractivity contribution in [2.45, 2.75) is 71.4 Å². The SMILES string of the molecule is CCC(C)CC(CC)(C(=O)O)N1CCCC1C. The summed E-state index contributed by atoms with van der Waals surface area (Å²) in [6, 6.07) is 0.412. The molecular weight excluding hydrogens is 214 g/mol. The van der Waals surface area contributed by atoms with E-state index < -0.39 is 11.5 Å². The van der Waals surface area contributed by atoms with Crippen LogP contribution in [0, 0.1) is 5.92 Å². The minimum absolute atomic E-state index is 0.412. The zero-order valence-electron chi connectivity index (χ0n) is 11.7. The average Bonchev–Trinajstić information content (AvgIpc) is 2.72. The van der Waals surface area contributed by atoms with Crippen LogP contribution in [-0.2, 0) is 4.79 Å². The molecule has 0 aromatic carbocycles. The molecule has 0 aromatic heterocycles. The number of rotatable bonds is 6.